The molecule has 0 saturated heterocycles. The highest BCUT2D eigenvalue weighted by Crippen LogP contribution is 2.00. The summed E-state index contributed by atoms with van der Waals surface area (Å²) in [5.41, 5.74) is 0. The Kier molecular flexibility index (Phi) is 17.2. The molecule has 2 aromatic heterocycles. The molecule has 0 unspecified atom stereocenters. The molecule has 0 aliphatic heterocycles. The van der Waals surface area contributed by atoms with Crippen molar-refractivity contribution in [2.45, 2.75) is 13.8 Å². The standard InChI is InChI=1S/2C9H10S.2ClH/c2*1-9-7-5-3-2-4-6-8-10-9;;/h2*2-8H,1H3;2*1H. The summed E-state index contributed by atoms with van der Waals surface area (Å²) in [5.74, 6) is 0. The Morgan fingerprint density at radius 1 is 0.500 bits per heavy atom. The molecule has 0 amide bonds. The smallest absolute Gasteiger partial charge is 0.144 e. The van der Waals surface area contributed by atoms with Crippen LogP contribution < -0.4 is 24.8 Å². The topological polar surface area (TPSA) is 0 Å². The minimum absolute atomic E-state index is 0. The summed E-state index contributed by atoms with van der Waals surface area (Å²) in [7, 11) is 0. The van der Waals surface area contributed by atoms with Crippen molar-refractivity contribution in [1.82, 2.24) is 0 Å². The number of rotatable bonds is 0. The van der Waals surface area contributed by atoms with Crippen molar-refractivity contribution in [1.29, 1.82) is 0 Å². The molecule has 0 aromatic carbocycles. The molecule has 0 atom stereocenters. The molecule has 120 valence electrons. The summed E-state index contributed by atoms with van der Waals surface area (Å²) < 4.78 is 0. The zero-order valence-corrected chi connectivity index (χ0v) is 16.0. The summed E-state index contributed by atoms with van der Waals surface area (Å²) in [5, 5.41) is 4.27. The molecule has 0 aliphatic rings. The van der Waals surface area contributed by atoms with Gasteiger partial charge in [0.15, 0.2) is 0 Å². The molecule has 4 heteroatoms. The SMILES string of the molecule is Cc1ccccccc[sH+]1.Cc1ccccccc[sH+]1.[Cl-].[Cl-]. The summed E-state index contributed by atoms with van der Waals surface area (Å²) >= 11 is 2.58. The van der Waals surface area contributed by atoms with Gasteiger partial charge < -0.3 is 24.8 Å². The molecular weight excluding hydrogens is 351 g/mol. The lowest BCUT2D eigenvalue weighted by Crippen LogP contribution is -3.00. The maximum atomic E-state index is 2.13. The van der Waals surface area contributed by atoms with E-state index < -0.39 is 0 Å². The Hall–Kier alpha value is -1.06. The zero-order valence-electron chi connectivity index (χ0n) is 12.7. The van der Waals surface area contributed by atoms with Crippen LogP contribution in [0.1, 0.15) is 9.75 Å². The van der Waals surface area contributed by atoms with Crippen LogP contribution in [0.3, 0.4) is 0 Å². The average Bonchev–Trinajstić information content (AvgIpc) is 2.63. The Bertz CT molecular complexity index is 487. The quantitative estimate of drug-likeness (QED) is 0.563. The lowest BCUT2D eigenvalue weighted by molar-refractivity contribution is -0.001000. The van der Waals surface area contributed by atoms with E-state index in [0.717, 1.165) is 0 Å². The Balaban J connectivity index is 0. The van der Waals surface area contributed by atoms with Crippen molar-refractivity contribution in [3.8, 4) is 0 Å². The normalized spacial score (nSPS) is 7.73. The third-order valence-corrected chi connectivity index (χ3v) is 4.05. The molecule has 2 aromatic rings. The summed E-state index contributed by atoms with van der Waals surface area (Å²) in [6.07, 6.45) is 0. The van der Waals surface area contributed by atoms with Gasteiger partial charge in [-0.1, -0.05) is 48.5 Å². The van der Waals surface area contributed by atoms with Crippen LogP contribution in [0, 0.1) is 13.8 Å². The maximum absolute atomic E-state index is 2.13. The van der Waals surface area contributed by atoms with Crippen LogP contribution in [-0.2, 0) is 0 Å². The fraction of sp³-hybridized carbons (Fsp3) is 0.111. The minimum Gasteiger partial charge on any atom is -1.00 e. The summed E-state index contributed by atoms with van der Waals surface area (Å²) in [4.78, 5) is 2.74. The lowest BCUT2D eigenvalue weighted by Gasteiger charge is -1.67. The third-order valence-electron chi connectivity index (χ3n) is 2.29. The van der Waals surface area contributed by atoms with Gasteiger partial charge in [-0.3, -0.25) is 0 Å². The first-order valence-electron chi connectivity index (χ1n) is 6.54. The molecular formula is C18H22Cl2S2. The predicted octanol–water partition coefficient (Wildman–Crippen LogP) is -0.166. The first kappa shape index (κ1) is 23.2. The van der Waals surface area contributed by atoms with Crippen molar-refractivity contribution in [3.05, 3.63) is 93.3 Å². The second kappa shape index (κ2) is 16.3. The van der Waals surface area contributed by atoms with Crippen molar-refractivity contribution < 1.29 is 24.8 Å². The second-order valence-electron chi connectivity index (χ2n) is 4.10. The molecule has 0 bridgehead atoms. The van der Waals surface area contributed by atoms with Gasteiger partial charge >= 0.3 is 0 Å². The minimum atomic E-state index is 0. The molecule has 0 nitrogen and oxygen atoms in total. The van der Waals surface area contributed by atoms with E-state index in [0.29, 0.717) is 0 Å². The van der Waals surface area contributed by atoms with E-state index in [1.807, 2.05) is 36.4 Å². The highest BCUT2D eigenvalue weighted by molar-refractivity contribution is 7.09. The van der Waals surface area contributed by atoms with E-state index in [-0.39, 0.29) is 24.8 Å². The molecule has 22 heavy (non-hydrogen) atoms. The van der Waals surface area contributed by atoms with Gasteiger partial charge in [0.1, 0.15) is 20.5 Å². The Morgan fingerprint density at radius 2 is 0.818 bits per heavy atom. The van der Waals surface area contributed by atoms with Gasteiger partial charge in [0.25, 0.3) is 0 Å². The van der Waals surface area contributed by atoms with Crippen molar-refractivity contribution >= 4 is 22.7 Å². The van der Waals surface area contributed by atoms with E-state index in [2.05, 4.69) is 61.0 Å². The van der Waals surface area contributed by atoms with Crippen LogP contribution in [0.4, 0.5) is 0 Å². The number of hydrogen-bond donors (Lipinski definition) is 0. The lowest BCUT2D eigenvalue weighted by atomic mass is 10.4. The van der Waals surface area contributed by atoms with Gasteiger partial charge in [-0.2, -0.15) is 0 Å². The highest BCUT2D eigenvalue weighted by atomic mass is 35.5. The van der Waals surface area contributed by atoms with Crippen molar-refractivity contribution in [2.75, 3.05) is 0 Å². The molecule has 2 heterocycles. The molecule has 0 saturated carbocycles. The molecule has 2 rings (SSSR count). The van der Waals surface area contributed by atoms with Gasteiger partial charge in [0, 0.05) is 13.8 Å². The largest absolute Gasteiger partial charge is 1.00 e. The molecule has 0 fully saturated rings. The van der Waals surface area contributed by atoms with E-state index in [1.165, 1.54) is 32.4 Å². The van der Waals surface area contributed by atoms with E-state index >= 15 is 0 Å². The number of hydrogen-bond acceptors (Lipinski definition) is 0. The van der Waals surface area contributed by atoms with E-state index in [9.17, 15) is 0 Å². The molecule has 0 N–H and O–H groups in total. The fourth-order valence-electron chi connectivity index (χ4n) is 1.28. The van der Waals surface area contributed by atoms with Crippen molar-refractivity contribution in [3.63, 3.8) is 0 Å². The van der Waals surface area contributed by atoms with Gasteiger partial charge in [0.05, 0.1) is 0 Å². The monoisotopic (exact) mass is 372 g/mol. The Morgan fingerprint density at radius 3 is 1.23 bits per heavy atom. The summed E-state index contributed by atoms with van der Waals surface area (Å²) in [6.45, 7) is 4.25. The predicted molar refractivity (Wildman–Crippen MR) is 96.2 cm³/mol. The molecule has 0 spiro atoms. The van der Waals surface area contributed by atoms with Crippen LogP contribution in [-0.4, -0.2) is 0 Å². The maximum Gasteiger partial charge on any atom is 0.144 e. The van der Waals surface area contributed by atoms with Crippen molar-refractivity contribution in [2.24, 2.45) is 0 Å². The highest BCUT2D eigenvalue weighted by Gasteiger charge is 1.80. The first-order chi connectivity index (χ1) is 9.79. The van der Waals surface area contributed by atoms with Gasteiger partial charge in [-0.05, 0) is 46.9 Å². The van der Waals surface area contributed by atoms with E-state index in [1.54, 1.807) is 0 Å². The zero-order chi connectivity index (χ0) is 14.5. The average molecular weight is 373 g/mol. The first-order valence-corrected chi connectivity index (χ1v) is 8.47. The van der Waals surface area contributed by atoms with Crippen LogP contribution in [0.15, 0.2) is 83.6 Å². The molecule has 0 aliphatic carbocycles. The number of halogens is 2. The second-order valence-corrected chi connectivity index (χ2v) is 6.62. The van der Waals surface area contributed by atoms with Crippen LogP contribution in [0.2, 0.25) is 0 Å². The number of aryl methyl sites for hydroxylation is 2. The van der Waals surface area contributed by atoms with Gasteiger partial charge in [0.2, 0.25) is 0 Å². The van der Waals surface area contributed by atoms with Crippen LogP contribution >= 0.6 is 22.7 Å². The fourth-order valence-corrected chi connectivity index (χ4v) is 2.47. The van der Waals surface area contributed by atoms with Gasteiger partial charge in [-0.25, -0.2) is 0 Å². The van der Waals surface area contributed by atoms with Gasteiger partial charge in [-0.15, -0.1) is 0 Å². The van der Waals surface area contributed by atoms with E-state index in [4.69, 9.17) is 0 Å². The van der Waals surface area contributed by atoms with Crippen LogP contribution in [0.25, 0.3) is 0 Å². The Labute approximate surface area is 154 Å². The molecule has 0 radical (unpaired) electrons. The van der Waals surface area contributed by atoms with Crippen LogP contribution in [0.5, 0.6) is 0 Å². The summed E-state index contributed by atoms with van der Waals surface area (Å²) in [6, 6.07) is 24.7. The third kappa shape index (κ3) is 13.9.